The molecular weight excluding hydrogens is 322 g/mol. The lowest BCUT2D eigenvalue weighted by molar-refractivity contribution is 0.0937. The molecule has 2 rings (SSSR count). The van der Waals surface area contributed by atoms with E-state index in [1.807, 2.05) is 31.2 Å². The Morgan fingerprint density at radius 3 is 2.70 bits per heavy atom. The molecule has 2 aromatic rings. The highest BCUT2D eigenvalue weighted by atomic mass is 79.9. The third kappa shape index (κ3) is 3.84. The van der Waals surface area contributed by atoms with Gasteiger partial charge in [-0.2, -0.15) is 5.10 Å². The summed E-state index contributed by atoms with van der Waals surface area (Å²) in [7, 11) is 1.75. The number of nitrogens with one attached hydrogen (secondary N) is 1. The highest BCUT2D eigenvalue weighted by Crippen LogP contribution is 2.15. The SMILES string of the molecule is Cc1cc(C(=O)NCCOc2ccc(Br)cc2)n(C)n1. The average molecular weight is 338 g/mol. The summed E-state index contributed by atoms with van der Waals surface area (Å²) in [6, 6.07) is 9.32. The van der Waals surface area contributed by atoms with Crippen molar-refractivity contribution in [1.82, 2.24) is 15.1 Å². The Labute approximate surface area is 126 Å². The first kappa shape index (κ1) is 14.6. The van der Waals surface area contributed by atoms with E-state index in [1.54, 1.807) is 17.8 Å². The number of nitrogens with zero attached hydrogens (tertiary/aromatic N) is 2. The number of benzene rings is 1. The van der Waals surface area contributed by atoms with Gasteiger partial charge in [-0.25, -0.2) is 0 Å². The van der Waals surface area contributed by atoms with Crippen molar-refractivity contribution in [2.45, 2.75) is 6.92 Å². The van der Waals surface area contributed by atoms with Crippen LogP contribution in [0.5, 0.6) is 5.75 Å². The molecule has 1 N–H and O–H groups in total. The molecule has 0 saturated heterocycles. The molecule has 5 nitrogen and oxygen atoms in total. The maximum Gasteiger partial charge on any atom is 0.269 e. The number of carbonyl (C=O) groups excluding carboxylic acids is 1. The summed E-state index contributed by atoms with van der Waals surface area (Å²) in [6.07, 6.45) is 0. The Bertz CT molecular complexity index is 593. The van der Waals surface area contributed by atoms with Crippen LogP contribution in [0.25, 0.3) is 0 Å². The maximum atomic E-state index is 11.9. The van der Waals surface area contributed by atoms with E-state index < -0.39 is 0 Å². The summed E-state index contributed by atoms with van der Waals surface area (Å²) in [5.74, 6) is 0.631. The monoisotopic (exact) mass is 337 g/mol. The zero-order valence-electron chi connectivity index (χ0n) is 11.4. The Morgan fingerprint density at radius 2 is 2.10 bits per heavy atom. The van der Waals surface area contributed by atoms with Crippen molar-refractivity contribution in [3.63, 3.8) is 0 Å². The zero-order valence-corrected chi connectivity index (χ0v) is 13.0. The number of hydrogen-bond acceptors (Lipinski definition) is 3. The molecule has 0 aliphatic heterocycles. The first-order valence-corrected chi connectivity index (χ1v) is 7.03. The molecule has 0 atom stereocenters. The number of hydrogen-bond donors (Lipinski definition) is 1. The minimum absolute atomic E-state index is 0.146. The minimum Gasteiger partial charge on any atom is -0.492 e. The van der Waals surface area contributed by atoms with Crippen molar-refractivity contribution in [3.8, 4) is 5.75 Å². The van der Waals surface area contributed by atoms with Crippen LogP contribution >= 0.6 is 15.9 Å². The van der Waals surface area contributed by atoms with Gasteiger partial charge in [0.1, 0.15) is 18.1 Å². The Kier molecular flexibility index (Phi) is 4.79. The fourth-order valence-electron chi connectivity index (χ4n) is 1.78. The smallest absolute Gasteiger partial charge is 0.269 e. The van der Waals surface area contributed by atoms with Gasteiger partial charge in [-0.3, -0.25) is 9.48 Å². The van der Waals surface area contributed by atoms with Gasteiger partial charge < -0.3 is 10.1 Å². The maximum absolute atomic E-state index is 11.9. The Balaban J connectivity index is 1.77. The van der Waals surface area contributed by atoms with E-state index in [0.29, 0.717) is 18.8 Å². The molecule has 1 aromatic carbocycles. The van der Waals surface area contributed by atoms with Crippen molar-refractivity contribution in [3.05, 3.63) is 46.2 Å². The number of aromatic nitrogens is 2. The van der Waals surface area contributed by atoms with E-state index in [1.165, 1.54) is 0 Å². The lowest BCUT2D eigenvalue weighted by atomic mass is 10.3. The second kappa shape index (κ2) is 6.56. The van der Waals surface area contributed by atoms with Crippen LogP contribution in [0, 0.1) is 6.92 Å². The third-order valence-corrected chi connectivity index (χ3v) is 3.23. The summed E-state index contributed by atoms with van der Waals surface area (Å²) in [4.78, 5) is 11.9. The average Bonchev–Trinajstić information content (AvgIpc) is 2.75. The molecule has 0 unspecified atom stereocenters. The van der Waals surface area contributed by atoms with Gasteiger partial charge in [-0.05, 0) is 37.3 Å². The Morgan fingerprint density at radius 1 is 1.40 bits per heavy atom. The molecule has 0 saturated carbocycles. The first-order valence-electron chi connectivity index (χ1n) is 6.23. The quantitative estimate of drug-likeness (QED) is 0.851. The number of halogens is 1. The van der Waals surface area contributed by atoms with Gasteiger partial charge in [0.25, 0.3) is 5.91 Å². The number of ether oxygens (including phenoxy) is 1. The van der Waals surface area contributed by atoms with E-state index in [9.17, 15) is 4.79 Å². The largest absolute Gasteiger partial charge is 0.492 e. The van der Waals surface area contributed by atoms with E-state index in [0.717, 1.165) is 15.9 Å². The van der Waals surface area contributed by atoms with E-state index in [4.69, 9.17) is 4.74 Å². The number of amides is 1. The van der Waals surface area contributed by atoms with Crippen molar-refractivity contribution in [1.29, 1.82) is 0 Å². The van der Waals surface area contributed by atoms with Gasteiger partial charge in [0.05, 0.1) is 12.2 Å². The number of rotatable bonds is 5. The molecule has 106 valence electrons. The van der Waals surface area contributed by atoms with Crippen molar-refractivity contribution < 1.29 is 9.53 Å². The van der Waals surface area contributed by atoms with E-state index >= 15 is 0 Å². The molecule has 0 fully saturated rings. The summed E-state index contributed by atoms with van der Waals surface area (Å²) in [6.45, 7) is 2.72. The summed E-state index contributed by atoms with van der Waals surface area (Å²) in [5.41, 5.74) is 1.37. The van der Waals surface area contributed by atoms with Crippen LogP contribution in [-0.2, 0) is 7.05 Å². The van der Waals surface area contributed by atoms with Crippen LogP contribution in [0.1, 0.15) is 16.2 Å². The first-order chi connectivity index (χ1) is 9.56. The Hall–Kier alpha value is -1.82. The molecule has 1 amide bonds. The van der Waals surface area contributed by atoms with Gasteiger partial charge in [0.15, 0.2) is 0 Å². The van der Waals surface area contributed by atoms with Crippen molar-refractivity contribution in [2.75, 3.05) is 13.2 Å². The fraction of sp³-hybridized carbons (Fsp3) is 0.286. The predicted octanol–water partition coefficient (Wildman–Crippen LogP) is 2.30. The predicted molar refractivity (Wildman–Crippen MR) is 79.9 cm³/mol. The van der Waals surface area contributed by atoms with Crippen LogP contribution in [0.2, 0.25) is 0 Å². The molecule has 0 aliphatic rings. The van der Waals surface area contributed by atoms with Gasteiger partial charge in [0.2, 0.25) is 0 Å². The molecule has 1 heterocycles. The summed E-state index contributed by atoms with van der Waals surface area (Å²) < 4.78 is 8.10. The van der Waals surface area contributed by atoms with Gasteiger partial charge in [0, 0.05) is 11.5 Å². The van der Waals surface area contributed by atoms with Gasteiger partial charge in [-0.1, -0.05) is 15.9 Å². The standard InChI is InChI=1S/C14H16BrN3O2/c1-10-9-13(18(2)17-10)14(19)16-7-8-20-12-5-3-11(15)4-6-12/h3-6,9H,7-8H2,1-2H3,(H,16,19). The van der Waals surface area contributed by atoms with Crippen LogP contribution in [-0.4, -0.2) is 28.8 Å². The molecule has 20 heavy (non-hydrogen) atoms. The van der Waals surface area contributed by atoms with Crippen molar-refractivity contribution >= 4 is 21.8 Å². The molecule has 6 heteroatoms. The zero-order chi connectivity index (χ0) is 14.5. The van der Waals surface area contributed by atoms with Crippen LogP contribution in [0.3, 0.4) is 0 Å². The van der Waals surface area contributed by atoms with Crippen molar-refractivity contribution in [2.24, 2.45) is 7.05 Å². The highest BCUT2D eigenvalue weighted by molar-refractivity contribution is 9.10. The van der Waals surface area contributed by atoms with Gasteiger partial charge in [-0.15, -0.1) is 0 Å². The van der Waals surface area contributed by atoms with Crippen LogP contribution in [0.4, 0.5) is 0 Å². The molecular formula is C14H16BrN3O2. The normalized spacial score (nSPS) is 10.3. The van der Waals surface area contributed by atoms with E-state index in [-0.39, 0.29) is 5.91 Å². The second-order valence-corrected chi connectivity index (χ2v) is 5.27. The van der Waals surface area contributed by atoms with Gasteiger partial charge >= 0.3 is 0 Å². The molecule has 0 aliphatic carbocycles. The fourth-order valence-corrected chi connectivity index (χ4v) is 2.04. The second-order valence-electron chi connectivity index (χ2n) is 4.35. The molecule has 1 aromatic heterocycles. The van der Waals surface area contributed by atoms with E-state index in [2.05, 4.69) is 26.3 Å². The molecule has 0 spiro atoms. The van der Waals surface area contributed by atoms with Crippen LogP contribution in [0.15, 0.2) is 34.8 Å². The highest BCUT2D eigenvalue weighted by Gasteiger charge is 2.10. The third-order valence-electron chi connectivity index (χ3n) is 2.70. The van der Waals surface area contributed by atoms with Crippen LogP contribution < -0.4 is 10.1 Å². The lowest BCUT2D eigenvalue weighted by Gasteiger charge is -2.07. The summed E-state index contributed by atoms with van der Waals surface area (Å²) in [5, 5.41) is 6.94. The molecule has 0 radical (unpaired) electrons. The molecule has 0 bridgehead atoms. The minimum atomic E-state index is -0.146. The number of carbonyl (C=O) groups is 1. The lowest BCUT2D eigenvalue weighted by Crippen LogP contribution is -2.29. The number of aryl methyl sites for hydroxylation is 2. The summed E-state index contributed by atoms with van der Waals surface area (Å²) >= 11 is 3.36. The topological polar surface area (TPSA) is 56.1 Å².